The minimum absolute atomic E-state index is 0.135. The van der Waals surface area contributed by atoms with Crippen LogP contribution < -0.4 is 10.6 Å². The Hall–Kier alpha value is -3.50. The van der Waals surface area contributed by atoms with Gasteiger partial charge in [-0.2, -0.15) is 10.2 Å². The molecular weight excluding hydrogens is 636 g/mol. The predicted octanol–water partition coefficient (Wildman–Crippen LogP) is 6.60. The summed E-state index contributed by atoms with van der Waals surface area (Å²) in [5.74, 6) is 1.13. The van der Waals surface area contributed by atoms with Crippen molar-refractivity contribution in [2.24, 2.45) is 0 Å². The predicted molar refractivity (Wildman–Crippen MR) is 161 cm³/mol. The van der Waals surface area contributed by atoms with Gasteiger partial charge < -0.3 is 10.6 Å². The van der Waals surface area contributed by atoms with Crippen LogP contribution in [0.3, 0.4) is 0 Å². The van der Waals surface area contributed by atoms with Crippen molar-refractivity contribution in [1.29, 1.82) is 0 Å². The van der Waals surface area contributed by atoms with E-state index in [1.165, 1.54) is 0 Å². The smallest absolute Gasteiger partial charge is 0.229 e. The molecule has 0 radical (unpaired) electrons. The van der Waals surface area contributed by atoms with Crippen molar-refractivity contribution >= 4 is 55.3 Å². The molecule has 2 heterocycles. The summed E-state index contributed by atoms with van der Waals surface area (Å²) in [6.07, 6.45) is 4.53. The molecule has 1 aliphatic carbocycles. The minimum Gasteiger partial charge on any atom is -0.309 e. The molecule has 2 atom stereocenters. The molecule has 1 saturated carbocycles. The van der Waals surface area contributed by atoms with Crippen molar-refractivity contribution in [3.63, 3.8) is 0 Å². The Kier molecular flexibility index (Phi) is 9.28. The maximum atomic E-state index is 12.4. The van der Waals surface area contributed by atoms with Crippen LogP contribution in [0.25, 0.3) is 0 Å². The van der Waals surface area contributed by atoms with Gasteiger partial charge in [-0.3, -0.25) is 9.59 Å². The summed E-state index contributed by atoms with van der Waals surface area (Å²) in [4.78, 5) is 24.9. The third-order valence-electron chi connectivity index (χ3n) is 6.92. The number of halogens is 2. The molecule has 2 aromatic heterocycles. The van der Waals surface area contributed by atoms with E-state index in [0.717, 1.165) is 57.1 Å². The number of rotatable bonds is 8. The van der Waals surface area contributed by atoms with Crippen LogP contribution in [0.4, 0.5) is 11.6 Å². The molecule has 0 saturated heterocycles. The third-order valence-corrected chi connectivity index (χ3v) is 7.91. The van der Waals surface area contributed by atoms with E-state index in [2.05, 4.69) is 62.9 Å². The lowest BCUT2D eigenvalue weighted by atomic mass is 9.78. The van der Waals surface area contributed by atoms with Crippen molar-refractivity contribution in [3.05, 3.63) is 104 Å². The van der Waals surface area contributed by atoms with Crippen LogP contribution in [0, 0.1) is 0 Å². The highest BCUT2D eigenvalue weighted by Gasteiger charge is 2.27. The van der Waals surface area contributed by atoms with Gasteiger partial charge in [0.05, 0.1) is 24.2 Å². The molecule has 4 aromatic rings. The van der Waals surface area contributed by atoms with E-state index >= 15 is 0 Å². The van der Waals surface area contributed by atoms with Crippen LogP contribution in [0.15, 0.2) is 81.7 Å². The standard InChI is InChI=1S/C30H28Br2N6O2/c31-23-8-1-4-19(14-23)16-29(39)33-27-12-10-25(35-37-27)21-6-3-7-22(18-21)26-11-13-28(38-36-26)34-30(40)17-20-5-2-9-24(32)15-20/h1-2,4-5,8-15,21-22H,3,6-7,16-18H2,(H,33,37,39)(H,34,38,40)/t21-,22-/m0/s1. The second-order valence-electron chi connectivity index (χ2n) is 9.96. The topological polar surface area (TPSA) is 110 Å². The number of nitrogens with one attached hydrogen (secondary N) is 2. The summed E-state index contributed by atoms with van der Waals surface area (Å²) in [7, 11) is 0. The van der Waals surface area contributed by atoms with Gasteiger partial charge in [-0.25, -0.2) is 0 Å². The van der Waals surface area contributed by atoms with Gasteiger partial charge in [0.1, 0.15) is 0 Å². The molecule has 0 spiro atoms. The number of benzene rings is 2. The average molecular weight is 664 g/mol. The first-order valence-electron chi connectivity index (χ1n) is 13.2. The quantitative estimate of drug-likeness (QED) is 0.220. The van der Waals surface area contributed by atoms with Gasteiger partial charge in [0.15, 0.2) is 11.6 Å². The third kappa shape index (κ3) is 7.79. The zero-order valence-electron chi connectivity index (χ0n) is 21.7. The van der Waals surface area contributed by atoms with Gasteiger partial charge in [-0.05, 0) is 78.9 Å². The number of nitrogens with zero attached hydrogens (tertiary/aromatic N) is 4. The van der Waals surface area contributed by atoms with Crippen molar-refractivity contribution in [2.75, 3.05) is 10.6 Å². The highest BCUT2D eigenvalue weighted by Crippen LogP contribution is 2.40. The van der Waals surface area contributed by atoms with Crippen LogP contribution in [0.1, 0.15) is 60.0 Å². The molecule has 1 fully saturated rings. The minimum atomic E-state index is -0.135. The van der Waals surface area contributed by atoms with E-state index in [0.29, 0.717) is 11.6 Å². The molecule has 1 aliphatic rings. The second-order valence-corrected chi connectivity index (χ2v) is 11.8. The van der Waals surface area contributed by atoms with Crippen LogP contribution in [0.5, 0.6) is 0 Å². The summed E-state index contributed by atoms with van der Waals surface area (Å²) in [6.45, 7) is 0. The molecule has 2 aromatic carbocycles. The molecule has 5 rings (SSSR count). The van der Waals surface area contributed by atoms with E-state index in [9.17, 15) is 9.59 Å². The van der Waals surface area contributed by atoms with Crippen LogP contribution >= 0.6 is 31.9 Å². The molecular formula is C30H28Br2N6O2. The Labute approximate surface area is 249 Å². The van der Waals surface area contributed by atoms with E-state index in [1.807, 2.05) is 72.8 Å². The summed E-state index contributed by atoms with van der Waals surface area (Å²) in [5.41, 5.74) is 3.67. The van der Waals surface area contributed by atoms with Gasteiger partial charge in [0.2, 0.25) is 11.8 Å². The van der Waals surface area contributed by atoms with Crippen molar-refractivity contribution in [1.82, 2.24) is 20.4 Å². The number of amides is 2. The lowest BCUT2D eigenvalue weighted by Gasteiger charge is -2.28. The molecule has 40 heavy (non-hydrogen) atoms. The molecule has 0 aliphatic heterocycles. The number of carbonyl (C=O) groups excluding carboxylic acids is 2. The Morgan fingerprint density at radius 3 is 1.55 bits per heavy atom. The Morgan fingerprint density at radius 1 is 0.675 bits per heavy atom. The fraction of sp³-hybridized carbons (Fsp3) is 0.267. The summed E-state index contributed by atoms with van der Waals surface area (Å²) >= 11 is 6.86. The Balaban J connectivity index is 1.14. The van der Waals surface area contributed by atoms with Gasteiger partial charge in [0, 0.05) is 20.8 Å². The zero-order valence-corrected chi connectivity index (χ0v) is 24.9. The first kappa shape index (κ1) is 28.0. The Morgan fingerprint density at radius 2 is 1.15 bits per heavy atom. The van der Waals surface area contributed by atoms with E-state index in [-0.39, 0.29) is 36.5 Å². The largest absolute Gasteiger partial charge is 0.309 e. The maximum Gasteiger partial charge on any atom is 0.229 e. The van der Waals surface area contributed by atoms with Crippen LogP contribution in [0.2, 0.25) is 0 Å². The van der Waals surface area contributed by atoms with Crippen molar-refractivity contribution in [2.45, 2.75) is 50.4 Å². The van der Waals surface area contributed by atoms with Crippen LogP contribution in [-0.2, 0) is 22.4 Å². The molecule has 10 heteroatoms. The van der Waals surface area contributed by atoms with Crippen molar-refractivity contribution < 1.29 is 9.59 Å². The van der Waals surface area contributed by atoms with E-state index in [4.69, 9.17) is 0 Å². The SMILES string of the molecule is O=C(Cc1cccc(Br)c1)Nc1ccc([C@H]2CCC[C@H](c3ccc(NC(=O)Cc4cccc(Br)c4)nn3)C2)nn1. The fourth-order valence-electron chi connectivity index (χ4n) is 5.02. The van der Waals surface area contributed by atoms with E-state index < -0.39 is 0 Å². The molecule has 0 unspecified atom stereocenters. The lowest BCUT2D eigenvalue weighted by Crippen LogP contribution is -2.18. The highest BCUT2D eigenvalue weighted by atomic mass is 79.9. The van der Waals surface area contributed by atoms with Gasteiger partial charge >= 0.3 is 0 Å². The monoisotopic (exact) mass is 662 g/mol. The first-order chi connectivity index (χ1) is 19.4. The lowest BCUT2D eigenvalue weighted by molar-refractivity contribution is -0.116. The molecule has 8 nitrogen and oxygen atoms in total. The molecule has 2 amide bonds. The van der Waals surface area contributed by atoms with Gasteiger partial charge in [-0.15, -0.1) is 10.2 Å². The maximum absolute atomic E-state index is 12.4. The number of hydrogen-bond acceptors (Lipinski definition) is 6. The summed E-state index contributed by atoms with van der Waals surface area (Å²) < 4.78 is 1.88. The zero-order chi connectivity index (χ0) is 27.9. The van der Waals surface area contributed by atoms with Crippen molar-refractivity contribution in [3.8, 4) is 0 Å². The highest BCUT2D eigenvalue weighted by molar-refractivity contribution is 9.10. The van der Waals surface area contributed by atoms with E-state index in [1.54, 1.807) is 0 Å². The van der Waals surface area contributed by atoms with Gasteiger partial charge in [-0.1, -0.05) is 62.5 Å². The number of aromatic nitrogens is 4. The molecule has 204 valence electrons. The summed E-state index contributed by atoms with van der Waals surface area (Å²) in [6, 6.07) is 22.9. The molecule has 2 N–H and O–H groups in total. The first-order valence-corrected chi connectivity index (χ1v) is 14.8. The second kappa shape index (κ2) is 13.2. The number of carbonyl (C=O) groups is 2. The number of hydrogen-bond donors (Lipinski definition) is 2. The number of anilines is 2. The molecule has 0 bridgehead atoms. The fourth-order valence-corrected chi connectivity index (χ4v) is 5.91. The normalized spacial score (nSPS) is 16.8. The van der Waals surface area contributed by atoms with Crippen LogP contribution in [-0.4, -0.2) is 32.2 Å². The van der Waals surface area contributed by atoms with Gasteiger partial charge in [0.25, 0.3) is 0 Å². The summed E-state index contributed by atoms with van der Waals surface area (Å²) in [5, 5.41) is 23.1. The Bertz CT molecular complexity index is 1370. The average Bonchev–Trinajstić information content (AvgIpc) is 2.94.